The first kappa shape index (κ1) is 15.5. The number of aromatic nitrogens is 2. The second-order valence-corrected chi connectivity index (χ2v) is 7.58. The van der Waals surface area contributed by atoms with Crippen LogP contribution in [0.3, 0.4) is 0 Å². The quantitative estimate of drug-likeness (QED) is 0.821. The van der Waals surface area contributed by atoms with Gasteiger partial charge in [0.25, 0.3) is 5.91 Å². The van der Waals surface area contributed by atoms with Gasteiger partial charge in [0.05, 0.1) is 11.6 Å². The zero-order valence-corrected chi connectivity index (χ0v) is 13.5. The summed E-state index contributed by atoms with van der Waals surface area (Å²) in [5, 5.41) is 8.80. The number of nitrogens with zero attached hydrogens (tertiary/aromatic N) is 4. The molecule has 0 atom stereocenters. The number of imidazole rings is 1. The van der Waals surface area contributed by atoms with Crippen LogP contribution in [0.4, 0.5) is 0 Å². The molecule has 1 fully saturated rings. The highest BCUT2D eigenvalue weighted by molar-refractivity contribution is 7.90. The second-order valence-electron chi connectivity index (χ2n) is 5.67. The maximum Gasteiger partial charge on any atom is 0.274 e. The Morgan fingerprint density at radius 2 is 2.04 bits per heavy atom. The third kappa shape index (κ3) is 2.80. The van der Waals surface area contributed by atoms with Gasteiger partial charge in [-0.05, 0) is 25.0 Å². The number of nitriles is 1. The monoisotopic (exact) mass is 332 g/mol. The fourth-order valence-electron chi connectivity index (χ4n) is 2.79. The van der Waals surface area contributed by atoms with Crippen LogP contribution in [0.2, 0.25) is 0 Å². The smallest absolute Gasteiger partial charge is 0.274 e. The molecule has 1 amide bonds. The van der Waals surface area contributed by atoms with Crippen molar-refractivity contribution in [2.24, 2.45) is 5.92 Å². The first-order valence-corrected chi connectivity index (χ1v) is 9.17. The van der Waals surface area contributed by atoms with Gasteiger partial charge >= 0.3 is 0 Å². The number of piperidine rings is 1. The summed E-state index contributed by atoms with van der Waals surface area (Å²) < 4.78 is 25.2. The molecular formula is C15H16N4O3S. The molecule has 0 saturated carbocycles. The van der Waals surface area contributed by atoms with Crippen molar-refractivity contribution < 1.29 is 13.2 Å². The third-order valence-corrected chi connectivity index (χ3v) is 4.97. The van der Waals surface area contributed by atoms with E-state index in [4.69, 9.17) is 5.26 Å². The van der Waals surface area contributed by atoms with Crippen LogP contribution in [0.25, 0.3) is 5.52 Å². The largest absolute Gasteiger partial charge is 0.337 e. The molecule has 0 aromatic carbocycles. The number of sulfone groups is 1. The predicted octanol–water partition coefficient (Wildman–Crippen LogP) is 1.11. The molecule has 120 valence electrons. The summed E-state index contributed by atoms with van der Waals surface area (Å²) in [4.78, 5) is 18.4. The molecule has 8 heteroatoms. The van der Waals surface area contributed by atoms with Gasteiger partial charge in [-0.2, -0.15) is 5.26 Å². The van der Waals surface area contributed by atoms with E-state index in [1.54, 1.807) is 29.3 Å². The Hall–Kier alpha value is -2.40. The highest BCUT2D eigenvalue weighted by Crippen LogP contribution is 2.22. The lowest BCUT2D eigenvalue weighted by molar-refractivity contribution is 0.0703. The second kappa shape index (κ2) is 5.66. The molecule has 2 aromatic heterocycles. The molecule has 7 nitrogen and oxygen atoms in total. The van der Waals surface area contributed by atoms with E-state index in [1.807, 2.05) is 0 Å². The predicted molar refractivity (Wildman–Crippen MR) is 82.5 cm³/mol. The van der Waals surface area contributed by atoms with Crippen LogP contribution in [0.1, 0.15) is 23.3 Å². The molecular weight excluding hydrogens is 316 g/mol. The number of likely N-dealkylation sites (tertiary alicyclic amines) is 1. The molecule has 1 aliphatic heterocycles. The topological polar surface area (TPSA) is 95.5 Å². The summed E-state index contributed by atoms with van der Waals surface area (Å²) >= 11 is 0. The van der Waals surface area contributed by atoms with Gasteiger partial charge in [-0.15, -0.1) is 0 Å². The van der Waals surface area contributed by atoms with Gasteiger partial charge in [0, 0.05) is 31.5 Å². The molecule has 3 rings (SSSR count). The lowest BCUT2D eigenvalue weighted by atomic mass is 9.98. The first-order valence-electron chi connectivity index (χ1n) is 7.28. The Balaban J connectivity index is 2.01. The van der Waals surface area contributed by atoms with Crippen molar-refractivity contribution in [3.05, 3.63) is 30.1 Å². The van der Waals surface area contributed by atoms with E-state index in [0.717, 1.165) is 6.26 Å². The van der Waals surface area contributed by atoms with Crippen molar-refractivity contribution in [3.63, 3.8) is 0 Å². The standard InChI is InChI=1S/C15H16N4O3S/c1-23(21,22)15-17-13(12-4-2-3-7-19(12)15)14(20)18-8-5-11(10-16)6-9-18/h2-4,7,11H,5-6,8-9H2,1H3. The normalized spacial score (nSPS) is 16.4. The minimum atomic E-state index is -3.55. The number of hydrogen-bond donors (Lipinski definition) is 0. The van der Waals surface area contributed by atoms with Gasteiger partial charge in [0.15, 0.2) is 5.69 Å². The Morgan fingerprint density at radius 3 is 2.65 bits per heavy atom. The number of carbonyl (C=O) groups is 1. The van der Waals surface area contributed by atoms with Gasteiger partial charge < -0.3 is 4.90 Å². The summed E-state index contributed by atoms with van der Waals surface area (Å²) in [7, 11) is -3.55. The van der Waals surface area contributed by atoms with Gasteiger partial charge in [-0.3, -0.25) is 9.20 Å². The number of carbonyl (C=O) groups excluding carboxylic acids is 1. The van der Waals surface area contributed by atoms with Crippen LogP contribution < -0.4 is 0 Å². The van der Waals surface area contributed by atoms with Crippen LogP contribution in [0.5, 0.6) is 0 Å². The van der Waals surface area contributed by atoms with Gasteiger partial charge in [0.2, 0.25) is 15.0 Å². The summed E-state index contributed by atoms with van der Waals surface area (Å²) in [5.41, 5.74) is 0.613. The SMILES string of the molecule is CS(=O)(=O)c1nc(C(=O)N2CCC(C#N)CC2)c2ccccn12. The van der Waals surface area contributed by atoms with Crippen LogP contribution in [-0.2, 0) is 9.84 Å². The van der Waals surface area contributed by atoms with Crippen LogP contribution in [0.15, 0.2) is 29.6 Å². The Bertz CT molecular complexity index is 902. The van der Waals surface area contributed by atoms with E-state index in [-0.39, 0.29) is 22.7 Å². The van der Waals surface area contributed by atoms with Crippen molar-refractivity contribution >= 4 is 21.3 Å². The average Bonchev–Trinajstić information content (AvgIpc) is 2.94. The Labute approximate surface area is 134 Å². The summed E-state index contributed by atoms with van der Waals surface area (Å²) in [5.74, 6) is -0.315. The highest BCUT2D eigenvalue weighted by Gasteiger charge is 2.28. The van der Waals surface area contributed by atoms with E-state index in [2.05, 4.69) is 11.1 Å². The van der Waals surface area contributed by atoms with Crippen molar-refractivity contribution in [1.82, 2.24) is 14.3 Å². The molecule has 0 bridgehead atoms. The zero-order chi connectivity index (χ0) is 16.6. The molecule has 3 heterocycles. The van der Waals surface area contributed by atoms with Crippen LogP contribution in [-0.4, -0.2) is 48.0 Å². The lowest BCUT2D eigenvalue weighted by Gasteiger charge is -2.28. The van der Waals surface area contributed by atoms with Gasteiger partial charge in [-0.25, -0.2) is 13.4 Å². The van der Waals surface area contributed by atoms with E-state index < -0.39 is 9.84 Å². The number of amides is 1. The molecule has 2 aromatic rings. The number of rotatable bonds is 2. The fourth-order valence-corrected chi connectivity index (χ4v) is 3.56. The number of fused-ring (bicyclic) bond motifs is 1. The highest BCUT2D eigenvalue weighted by atomic mass is 32.2. The maximum atomic E-state index is 12.7. The molecule has 23 heavy (non-hydrogen) atoms. The van der Waals surface area contributed by atoms with E-state index in [9.17, 15) is 13.2 Å². The minimum Gasteiger partial charge on any atom is -0.337 e. The molecule has 0 unspecified atom stereocenters. The van der Waals surface area contributed by atoms with Gasteiger partial charge in [-0.1, -0.05) is 6.07 Å². The minimum absolute atomic E-state index is 0.0237. The third-order valence-electron chi connectivity index (χ3n) is 4.01. The average molecular weight is 332 g/mol. The Kier molecular flexibility index (Phi) is 3.82. The van der Waals surface area contributed by atoms with Gasteiger partial charge in [0.1, 0.15) is 0 Å². The molecule has 0 radical (unpaired) electrons. The first-order chi connectivity index (χ1) is 10.9. The number of pyridine rings is 1. The van der Waals surface area contributed by atoms with E-state index >= 15 is 0 Å². The summed E-state index contributed by atoms with van der Waals surface area (Å²) in [6.45, 7) is 0.967. The molecule has 1 saturated heterocycles. The van der Waals surface area contributed by atoms with E-state index in [1.165, 1.54) is 4.40 Å². The molecule has 1 aliphatic rings. The van der Waals surface area contributed by atoms with Crippen LogP contribution in [0, 0.1) is 17.2 Å². The maximum absolute atomic E-state index is 12.7. The van der Waals surface area contributed by atoms with Crippen molar-refractivity contribution in [1.29, 1.82) is 5.26 Å². The zero-order valence-electron chi connectivity index (χ0n) is 12.6. The van der Waals surface area contributed by atoms with Crippen molar-refractivity contribution in [2.45, 2.75) is 18.0 Å². The van der Waals surface area contributed by atoms with E-state index in [0.29, 0.717) is 31.4 Å². The molecule has 0 spiro atoms. The molecule has 0 aliphatic carbocycles. The fraction of sp³-hybridized carbons (Fsp3) is 0.400. The lowest BCUT2D eigenvalue weighted by Crippen LogP contribution is -2.38. The summed E-state index contributed by atoms with van der Waals surface area (Å²) in [6, 6.07) is 7.33. The Morgan fingerprint density at radius 1 is 1.35 bits per heavy atom. The number of hydrogen-bond acceptors (Lipinski definition) is 5. The molecule has 0 N–H and O–H groups in total. The van der Waals surface area contributed by atoms with Crippen molar-refractivity contribution in [3.8, 4) is 6.07 Å². The summed E-state index contributed by atoms with van der Waals surface area (Å²) in [6.07, 6.45) is 3.92. The van der Waals surface area contributed by atoms with Crippen LogP contribution >= 0.6 is 0 Å². The van der Waals surface area contributed by atoms with Crippen molar-refractivity contribution in [2.75, 3.05) is 19.3 Å².